The minimum atomic E-state index is 0.355. The van der Waals surface area contributed by atoms with E-state index in [-0.39, 0.29) is 0 Å². The van der Waals surface area contributed by atoms with Crippen LogP contribution in [0.4, 0.5) is 5.82 Å². The smallest absolute Gasteiger partial charge is 0.172 e. The molecule has 0 spiro atoms. The van der Waals surface area contributed by atoms with Gasteiger partial charge in [-0.1, -0.05) is 5.16 Å². The van der Waals surface area contributed by atoms with Gasteiger partial charge in [-0.05, 0) is 0 Å². The van der Waals surface area contributed by atoms with Gasteiger partial charge >= 0.3 is 0 Å². The average Bonchev–Trinajstić information content (AvgIpc) is 2.54. The molecular formula is C7H6N4O. The van der Waals surface area contributed by atoms with Gasteiger partial charge in [0.15, 0.2) is 11.6 Å². The lowest BCUT2D eigenvalue weighted by Gasteiger charge is -1.89. The van der Waals surface area contributed by atoms with Crippen LogP contribution in [0.25, 0.3) is 11.3 Å². The van der Waals surface area contributed by atoms with Crippen LogP contribution in [-0.4, -0.2) is 15.1 Å². The van der Waals surface area contributed by atoms with E-state index in [2.05, 4.69) is 15.1 Å². The Morgan fingerprint density at radius 3 is 2.58 bits per heavy atom. The summed E-state index contributed by atoms with van der Waals surface area (Å²) in [5.74, 6) is 0.932. The predicted molar refractivity (Wildman–Crippen MR) is 41.9 cm³/mol. The highest BCUT2D eigenvalue weighted by molar-refractivity contribution is 5.57. The van der Waals surface area contributed by atoms with E-state index in [4.69, 9.17) is 10.3 Å². The molecule has 2 N–H and O–H groups in total. The van der Waals surface area contributed by atoms with E-state index in [1.807, 2.05) is 0 Å². The van der Waals surface area contributed by atoms with Crippen LogP contribution in [-0.2, 0) is 0 Å². The first kappa shape index (κ1) is 6.78. The van der Waals surface area contributed by atoms with Crippen molar-refractivity contribution < 1.29 is 4.52 Å². The molecule has 0 atom stereocenters. The van der Waals surface area contributed by atoms with E-state index in [0.29, 0.717) is 11.6 Å². The van der Waals surface area contributed by atoms with Crippen molar-refractivity contribution in [3.05, 3.63) is 24.8 Å². The fourth-order valence-electron chi connectivity index (χ4n) is 0.851. The molecular weight excluding hydrogens is 156 g/mol. The van der Waals surface area contributed by atoms with Crippen LogP contribution in [0.5, 0.6) is 0 Å². The molecule has 0 unspecified atom stereocenters. The highest BCUT2D eigenvalue weighted by Gasteiger charge is 2.03. The van der Waals surface area contributed by atoms with Gasteiger partial charge in [-0.25, -0.2) is 9.97 Å². The lowest BCUT2D eigenvalue weighted by Crippen LogP contribution is -1.80. The summed E-state index contributed by atoms with van der Waals surface area (Å²) in [4.78, 5) is 7.66. The SMILES string of the molecule is Nc1cc(-c2cncnc2)on1. The number of hydrogen-bond acceptors (Lipinski definition) is 5. The van der Waals surface area contributed by atoms with Crippen LogP contribution < -0.4 is 5.73 Å². The molecule has 2 aromatic heterocycles. The molecule has 5 heteroatoms. The summed E-state index contributed by atoms with van der Waals surface area (Å²) < 4.78 is 4.90. The molecule has 0 saturated heterocycles. The molecule has 2 aromatic rings. The lowest BCUT2D eigenvalue weighted by atomic mass is 10.3. The standard InChI is InChI=1S/C7H6N4O/c8-7-1-6(12-11-7)5-2-9-4-10-3-5/h1-4H,(H2,8,11). The third-order valence-corrected chi connectivity index (χ3v) is 1.37. The first-order chi connectivity index (χ1) is 5.86. The molecule has 0 amide bonds. The number of anilines is 1. The van der Waals surface area contributed by atoms with Gasteiger partial charge in [-0.2, -0.15) is 0 Å². The maximum atomic E-state index is 5.37. The molecule has 2 heterocycles. The van der Waals surface area contributed by atoms with Crippen molar-refractivity contribution in [1.82, 2.24) is 15.1 Å². The maximum absolute atomic E-state index is 5.37. The van der Waals surface area contributed by atoms with E-state index < -0.39 is 0 Å². The zero-order chi connectivity index (χ0) is 8.39. The molecule has 60 valence electrons. The Bertz CT molecular complexity index is 370. The lowest BCUT2D eigenvalue weighted by molar-refractivity contribution is 0.435. The van der Waals surface area contributed by atoms with Crippen LogP contribution in [0.2, 0.25) is 0 Å². The number of hydrogen-bond donors (Lipinski definition) is 1. The minimum absolute atomic E-state index is 0.355. The molecule has 0 aliphatic carbocycles. The van der Waals surface area contributed by atoms with Gasteiger partial charge in [0.25, 0.3) is 0 Å². The van der Waals surface area contributed by atoms with Gasteiger partial charge in [-0.3, -0.25) is 0 Å². The van der Waals surface area contributed by atoms with E-state index in [9.17, 15) is 0 Å². The summed E-state index contributed by atoms with van der Waals surface area (Å²) in [7, 11) is 0. The topological polar surface area (TPSA) is 77.8 Å². The normalized spacial score (nSPS) is 10.0. The second kappa shape index (κ2) is 2.61. The Morgan fingerprint density at radius 1 is 1.25 bits per heavy atom. The van der Waals surface area contributed by atoms with E-state index in [1.54, 1.807) is 18.5 Å². The van der Waals surface area contributed by atoms with Crippen molar-refractivity contribution in [3.8, 4) is 11.3 Å². The Balaban J connectivity index is 2.45. The summed E-state index contributed by atoms with van der Waals surface area (Å²) in [6.45, 7) is 0. The van der Waals surface area contributed by atoms with Crippen molar-refractivity contribution in [2.75, 3.05) is 5.73 Å². The zero-order valence-corrected chi connectivity index (χ0v) is 6.14. The highest BCUT2D eigenvalue weighted by atomic mass is 16.5. The number of nitrogens with two attached hydrogens (primary N) is 1. The molecule has 0 fully saturated rings. The van der Waals surface area contributed by atoms with Gasteiger partial charge in [0.1, 0.15) is 6.33 Å². The molecule has 0 saturated carbocycles. The Labute approximate surface area is 68.2 Å². The molecule has 2 rings (SSSR count). The summed E-state index contributed by atoms with van der Waals surface area (Å²) in [5, 5.41) is 3.54. The fourth-order valence-corrected chi connectivity index (χ4v) is 0.851. The summed E-state index contributed by atoms with van der Waals surface area (Å²) in [5.41, 5.74) is 6.14. The summed E-state index contributed by atoms with van der Waals surface area (Å²) in [6.07, 6.45) is 4.71. The Morgan fingerprint density at radius 2 is 2.00 bits per heavy atom. The van der Waals surface area contributed by atoms with Crippen molar-refractivity contribution in [2.45, 2.75) is 0 Å². The molecule has 0 aliphatic heterocycles. The molecule has 0 aliphatic rings. The fraction of sp³-hybridized carbons (Fsp3) is 0. The van der Waals surface area contributed by atoms with E-state index in [0.717, 1.165) is 5.56 Å². The van der Waals surface area contributed by atoms with Gasteiger partial charge in [0.2, 0.25) is 0 Å². The Hall–Kier alpha value is -1.91. The van der Waals surface area contributed by atoms with Crippen molar-refractivity contribution in [1.29, 1.82) is 0 Å². The summed E-state index contributed by atoms with van der Waals surface area (Å²) >= 11 is 0. The highest BCUT2D eigenvalue weighted by Crippen LogP contribution is 2.18. The summed E-state index contributed by atoms with van der Waals surface area (Å²) in [6, 6.07) is 1.62. The molecule has 0 aromatic carbocycles. The van der Waals surface area contributed by atoms with Crippen LogP contribution in [0.15, 0.2) is 29.3 Å². The monoisotopic (exact) mass is 162 g/mol. The molecule has 12 heavy (non-hydrogen) atoms. The number of aromatic nitrogens is 3. The van der Waals surface area contributed by atoms with Crippen LogP contribution in [0.3, 0.4) is 0 Å². The first-order valence-corrected chi connectivity index (χ1v) is 3.34. The Kier molecular flexibility index (Phi) is 1.48. The van der Waals surface area contributed by atoms with Crippen molar-refractivity contribution in [2.24, 2.45) is 0 Å². The van der Waals surface area contributed by atoms with Crippen molar-refractivity contribution in [3.63, 3.8) is 0 Å². The van der Waals surface area contributed by atoms with Gasteiger partial charge in [-0.15, -0.1) is 0 Å². The number of nitrogens with zero attached hydrogens (tertiary/aromatic N) is 3. The van der Waals surface area contributed by atoms with E-state index >= 15 is 0 Å². The maximum Gasteiger partial charge on any atom is 0.172 e. The minimum Gasteiger partial charge on any atom is -0.381 e. The average molecular weight is 162 g/mol. The van der Waals surface area contributed by atoms with Crippen LogP contribution >= 0.6 is 0 Å². The first-order valence-electron chi connectivity index (χ1n) is 3.34. The van der Waals surface area contributed by atoms with Gasteiger partial charge in [0.05, 0.1) is 5.56 Å². The third kappa shape index (κ3) is 1.12. The van der Waals surface area contributed by atoms with Crippen LogP contribution in [0, 0.1) is 0 Å². The van der Waals surface area contributed by atoms with E-state index in [1.165, 1.54) is 6.33 Å². The largest absolute Gasteiger partial charge is 0.381 e. The number of rotatable bonds is 1. The van der Waals surface area contributed by atoms with Crippen LogP contribution in [0.1, 0.15) is 0 Å². The zero-order valence-electron chi connectivity index (χ0n) is 6.14. The van der Waals surface area contributed by atoms with Gasteiger partial charge < -0.3 is 10.3 Å². The molecule has 0 bridgehead atoms. The molecule has 5 nitrogen and oxygen atoms in total. The second-order valence-corrected chi connectivity index (χ2v) is 2.24. The molecule has 0 radical (unpaired) electrons. The quantitative estimate of drug-likeness (QED) is 0.668. The van der Waals surface area contributed by atoms with Gasteiger partial charge in [0, 0.05) is 18.5 Å². The predicted octanol–water partition coefficient (Wildman–Crippen LogP) is 0.714. The third-order valence-electron chi connectivity index (χ3n) is 1.37. The second-order valence-electron chi connectivity index (χ2n) is 2.24. The number of nitrogen functional groups attached to an aromatic ring is 1. The van der Waals surface area contributed by atoms with Crippen molar-refractivity contribution >= 4 is 5.82 Å².